The number of nitrogens with zero attached hydrogens (tertiary/aromatic N) is 1. The molecule has 22 heavy (non-hydrogen) atoms. The Hall–Kier alpha value is -1.17. The minimum Gasteiger partial charge on any atom is -0.468 e. The predicted molar refractivity (Wildman–Crippen MR) is 90.3 cm³/mol. The van der Waals surface area contributed by atoms with Gasteiger partial charge in [0.15, 0.2) is 0 Å². The van der Waals surface area contributed by atoms with Crippen molar-refractivity contribution in [2.75, 3.05) is 26.0 Å². The molecule has 4 nitrogen and oxygen atoms in total. The first-order valence-electron chi connectivity index (χ1n) is 6.63. The second-order valence-corrected chi connectivity index (χ2v) is 6.76. The summed E-state index contributed by atoms with van der Waals surface area (Å²) in [6, 6.07) is 5.16. The number of carbonyl (C=O) groups excluding carboxylic acids is 2. The van der Waals surface area contributed by atoms with E-state index in [2.05, 4.69) is 0 Å². The Morgan fingerprint density at radius 3 is 2.68 bits per heavy atom. The highest BCUT2D eigenvalue weighted by Crippen LogP contribution is 2.26. The van der Waals surface area contributed by atoms with Crippen molar-refractivity contribution in [2.24, 2.45) is 0 Å². The zero-order chi connectivity index (χ0) is 16.1. The summed E-state index contributed by atoms with van der Waals surface area (Å²) in [5.74, 6) is 0.220. The Bertz CT molecular complexity index is 586. The van der Waals surface area contributed by atoms with E-state index >= 15 is 0 Å². The van der Waals surface area contributed by atoms with Crippen molar-refractivity contribution in [1.29, 1.82) is 0 Å². The van der Waals surface area contributed by atoms with Crippen LogP contribution in [0.3, 0.4) is 0 Å². The first-order chi connectivity index (χ1) is 10.5. The van der Waals surface area contributed by atoms with Crippen LogP contribution in [0.25, 0.3) is 6.08 Å². The Labute approximate surface area is 143 Å². The number of halogens is 2. The molecule has 118 valence electrons. The maximum Gasteiger partial charge on any atom is 0.320 e. The summed E-state index contributed by atoms with van der Waals surface area (Å²) in [6.45, 7) is 0.939. The van der Waals surface area contributed by atoms with Crippen molar-refractivity contribution < 1.29 is 14.3 Å². The van der Waals surface area contributed by atoms with E-state index in [4.69, 9.17) is 27.9 Å². The molecule has 0 N–H and O–H groups in total. The van der Waals surface area contributed by atoms with Gasteiger partial charge in [0, 0.05) is 40.5 Å². The van der Waals surface area contributed by atoms with Gasteiger partial charge < -0.3 is 9.64 Å². The summed E-state index contributed by atoms with van der Waals surface area (Å²) in [4.78, 5) is 25.4. The van der Waals surface area contributed by atoms with Crippen molar-refractivity contribution >= 4 is 52.9 Å². The number of methoxy groups -OCH3 is 1. The molecular formula is C15H15Cl2NO3S. The molecule has 0 saturated carbocycles. The summed E-state index contributed by atoms with van der Waals surface area (Å²) in [5, 5.41) is 0.636. The molecule has 0 unspecified atom stereocenters. The number of thioether (sulfide) groups is 1. The fourth-order valence-electron chi connectivity index (χ4n) is 2.05. The van der Waals surface area contributed by atoms with Crippen LogP contribution in [-0.4, -0.2) is 48.0 Å². The molecule has 1 saturated heterocycles. The first-order valence-corrected chi connectivity index (χ1v) is 8.44. The maximum absolute atomic E-state index is 12.2. The number of ether oxygens (including phenoxy) is 1. The van der Waals surface area contributed by atoms with Gasteiger partial charge in [-0.15, -0.1) is 11.8 Å². The fourth-order valence-corrected chi connectivity index (χ4v) is 3.70. The average molecular weight is 360 g/mol. The summed E-state index contributed by atoms with van der Waals surface area (Å²) in [7, 11) is 1.35. The lowest BCUT2D eigenvalue weighted by Crippen LogP contribution is -2.44. The Morgan fingerprint density at radius 2 is 2.05 bits per heavy atom. The van der Waals surface area contributed by atoms with Crippen LogP contribution in [-0.2, 0) is 14.3 Å². The SMILES string of the molecule is COC(=O)[C@@H]1CN(C(=O)/C=C/c2c(Cl)cccc2Cl)CCS1. The highest BCUT2D eigenvalue weighted by Gasteiger charge is 2.28. The molecule has 1 aliphatic heterocycles. The van der Waals surface area contributed by atoms with Crippen LogP contribution < -0.4 is 0 Å². The monoisotopic (exact) mass is 359 g/mol. The van der Waals surface area contributed by atoms with Crippen LogP contribution in [0, 0.1) is 0 Å². The van der Waals surface area contributed by atoms with Crippen molar-refractivity contribution in [3.05, 3.63) is 39.9 Å². The molecular weight excluding hydrogens is 345 g/mol. The Balaban J connectivity index is 2.05. The Kier molecular flexibility index (Phi) is 6.17. The van der Waals surface area contributed by atoms with Gasteiger partial charge in [-0.1, -0.05) is 29.3 Å². The van der Waals surface area contributed by atoms with Gasteiger partial charge in [-0.25, -0.2) is 0 Å². The number of hydrogen-bond donors (Lipinski definition) is 0. The fraction of sp³-hybridized carbons (Fsp3) is 0.333. The van der Waals surface area contributed by atoms with Gasteiger partial charge in [-0.2, -0.15) is 0 Å². The van der Waals surface area contributed by atoms with Gasteiger partial charge in [0.1, 0.15) is 5.25 Å². The first kappa shape index (κ1) is 17.2. The number of hydrogen-bond acceptors (Lipinski definition) is 4. The summed E-state index contributed by atoms with van der Waals surface area (Å²) in [6.07, 6.45) is 3.03. The third kappa shape index (κ3) is 4.18. The number of carbonyl (C=O) groups is 2. The smallest absolute Gasteiger partial charge is 0.320 e. The van der Waals surface area contributed by atoms with E-state index in [0.717, 1.165) is 0 Å². The number of benzene rings is 1. The van der Waals surface area contributed by atoms with Crippen LogP contribution >= 0.6 is 35.0 Å². The second kappa shape index (κ2) is 7.90. The van der Waals surface area contributed by atoms with Crippen LogP contribution in [0.4, 0.5) is 0 Å². The Morgan fingerprint density at radius 1 is 1.36 bits per heavy atom. The van der Waals surface area contributed by atoms with Crippen LogP contribution in [0.15, 0.2) is 24.3 Å². The molecule has 1 atom stereocenters. The van der Waals surface area contributed by atoms with Gasteiger partial charge in [0.25, 0.3) is 0 Å². The van der Waals surface area contributed by atoms with Gasteiger partial charge >= 0.3 is 5.97 Å². The van der Waals surface area contributed by atoms with E-state index in [1.807, 2.05) is 0 Å². The lowest BCUT2D eigenvalue weighted by molar-refractivity contribution is -0.140. The summed E-state index contributed by atoms with van der Waals surface area (Å²) < 4.78 is 4.73. The summed E-state index contributed by atoms with van der Waals surface area (Å²) in [5.41, 5.74) is 0.607. The van der Waals surface area contributed by atoms with Gasteiger partial charge in [-0.3, -0.25) is 9.59 Å². The molecule has 7 heteroatoms. The lowest BCUT2D eigenvalue weighted by atomic mass is 10.2. The molecule has 0 spiro atoms. The second-order valence-electron chi connectivity index (χ2n) is 4.64. The minimum absolute atomic E-state index is 0.176. The largest absolute Gasteiger partial charge is 0.468 e. The quantitative estimate of drug-likeness (QED) is 0.614. The molecule has 0 aliphatic carbocycles. The number of rotatable bonds is 3. The van der Waals surface area contributed by atoms with E-state index in [1.54, 1.807) is 29.2 Å². The van der Waals surface area contributed by atoms with E-state index in [1.165, 1.54) is 24.9 Å². The average Bonchev–Trinajstić information content (AvgIpc) is 2.53. The number of amides is 1. The molecule has 0 radical (unpaired) electrons. The van der Waals surface area contributed by atoms with E-state index in [0.29, 0.717) is 34.5 Å². The molecule has 1 aromatic carbocycles. The molecule has 1 heterocycles. The molecule has 2 rings (SSSR count). The molecule has 1 fully saturated rings. The third-order valence-electron chi connectivity index (χ3n) is 3.23. The zero-order valence-electron chi connectivity index (χ0n) is 11.9. The van der Waals surface area contributed by atoms with Crippen LogP contribution in [0.1, 0.15) is 5.56 Å². The zero-order valence-corrected chi connectivity index (χ0v) is 14.2. The lowest BCUT2D eigenvalue weighted by Gasteiger charge is -2.30. The van der Waals surface area contributed by atoms with E-state index < -0.39 is 0 Å². The predicted octanol–water partition coefficient (Wildman–Crippen LogP) is 3.12. The number of esters is 1. The van der Waals surface area contributed by atoms with Crippen LogP contribution in [0.5, 0.6) is 0 Å². The van der Waals surface area contributed by atoms with Gasteiger partial charge in [-0.05, 0) is 18.2 Å². The molecule has 0 bridgehead atoms. The van der Waals surface area contributed by atoms with Crippen molar-refractivity contribution in [2.45, 2.75) is 5.25 Å². The molecule has 1 amide bonds. The van der Waals surface area contributed by atoms with Gasteiger partial charge in [0.2, 0.25) is 5.91 Å². The highest BCUT2D eigenvalue weighted by molar-refractivity contribution is 8.00. The van der Waals surface area contributed by atoms with Crippen molar-refractivity contribution in [3.63, 3.8) is 0 Å². The van der Waals surface area contributed by atoms with Crippen LogP contribution in [0.2, 0.25) is 10.0 Å². The van der Waals surface area contributed by atoms with E-state index in [9.17, 15) is 9.59 Å². The normalized spacial score (nSPS) is 18.5. The van der Waals surface area contributed by atoms with E-state index in [-0.39, 0.29) is 17.1 Å². The third-order valence-corrected chi connectivity index (χ3v) is 5.06. The molecule has 1 aliphatic rings. The van der Waals surface area contributed by atoms with Gasteiger partial charge in [0.05, 0.1) is 7.11 Å². The van der Waals surface area contributed by atoms with Crippen molar-refractivity contribution in [3.8, 4) is 0 Å². The molecule has 0 aromatic heterocycles. The maximum atomic E-state index is 12.2. The standard InChI is InChI=1S/C15H15Cl2NO3S/c1-21-15(20)13-9-18(7-8-22-13)14(19)6-5-10-11(16)3-2-4-12(10)17/h2-6,13H,7-9H2,1H3/b6-5+/t13-/m0/s1. The molecule has 1 aromatic rings. The topological polar surface area (TPSA) is 46.6 Å². The highest BCUT2D eigenvalue weighted by atomic mass is 35.5. The van der Waals surface area contributed by atoms with Crippen molar-refractivity contribution in [1.82, 2.24) is 4.90 Å². The summed E-state index contributed by atoms with van der Waals surface area (Å²) >= 11 is 13.6. The minimum atomic E-state index is -0.333.